The molecule has 0 atom stereocenters. The molecule has 0 radical (unpaired) electrons. The van der Waals surface area contributed by atoms with Gasteiger partial charge in [-0.1, -0.05) is 37.8 Å². The van der Waals surface area contributed by atoms with Gasteiger partial charge in [0.25, 0.3) is 5.69 Å². The monoisotopic (exact) mass is 223 g/mol. The number of nitro benzene ring substituents is 1. The highest BCUT2D eigenvalue weighted by atomic mass is 28.3. The molecule has 0 N–H and O–H groups in total. The highest BCUT2D eigenvalue weighted by molar-refractivity contribution is 6.76. The maximum Gasteiger partial charge on any atom is 0.269 e. The van der Waals surface area contributed by atoms with Crippen LogP contribution in [-0.4, -0.2) is 13.0 Å². The van der Waals surface area contributed by atoms with Gasteiger partial charge in [-0.05, 0) is 12.0 Å². The fourth-order valence-corrected chi connectivity index (χ4v) is 2.34. The number of benzene rings is 1. The Balaban J connectivity index is 2.61. The van der Waals surface area contributed by atoms with Crippen LogP contribution in [0.5, 0.6) is 0 Å². The van der Waals surface area contributed by atoms with Crippen LogP contribution in [-0.2, 0) is 6.42 Å². The first-order valence-electron chi connectivity index (χ1n) is 5.12. The van der Waals surface area contributed by atoms with E-state index in [1.54, 1.807) is 12.1 Å². The average molecular weight is 223 g/mol. The lowest BCUT2D eigenvalue weighted by molar-refractivity contribution is -0.384. The molecule has 0 saturated carbocycles. The molecule has 82 valence electrons. The Labute approximate surface area is 91.3 Å². The maximum absolute atomic E-state index is 10.4. The second-order valence-electron chi connectivity index (χ2n) is 4.98. The summed E-state index contributed by atoms with van der Waals surface area (Å²) in [7, 11) is -1.01. The molecule has 0 unspecified atom stereocenters. The van der Waals surface area contributed by atoms with Gasteiger partial charge in [0.05, 0.1) is 4.92 Å². The molecule has 0 fully saturated rings. The van der Waals surface area contributed by atoms with E-state index in [0.717, 1.165) is 6.42 Å². The number of nitrogens with zero attached hydrogens (tertiary/aromatic N) is 1. The number of hydrogen-bond acceptors (Lipinski definition) is 2. The van der Waals surface area contributed by atoms with Gasteiger partial charge in [-0.3, -0.25) is 10.1 Å². The van der Waals surface area contributed by atoms with Crippen molar-refractivity contribution in [1.29, 1.82) is 0 Å². The molecule has 0 aliphatic carbocycles. The molecule has 1 aromatic carbocycles. The molecule has 0 aliphatic rings. The number of aryl methyl sites for hydroxylation is 1. The van der Waals surface area contributed by atoms with Crippen LogP contribution in [0.3, 0.4) is 0 Å². The molecule has 3 nitrogen and oxygen atoms in total. The summed E-state index contributed by atoms with van der Waals surface area (Å²) in [4.78, 5) is 10.1. The van der Waals surface area contributed by atoms with Gasteiger partial charge in [0, 0.05) is 20.2 Å². The van der Waals surface area contributed by atoms with Crippen LogP contribution in [0.1, 0.15) is 5.56 Å². The summed E-state index contributed by atoms with van der Waals surface area (Å²) in [5.74, 6) is 0. The van der Waals surface area contributed by atoms with Gasteiger partial charge in [-0.15, -0.1) is 0 Å². The summed E-state index contributed by atoms with van der Waals surface area (Å²) < 4.78 is 0. The van der Waals surface area contributed by atoms with Crippen LogP contribution in [0.4, 0.5) is 5.69 Å². The third-order valence-electron chi connectivity index (χ3n) is 2.31. The molecule has 0 aliphatic heterocycles. The second-order valence-corrected chi connectivity index (χ2v) is 10.6. The zero-order chi connectivity index (χ0) is 11.5. The maximum atomic E-state index is 10.4. The normalized spacial score (nSPS) is 11.4. The largest absolute Gasteiger partial charge is 0.269 e. The van der Waals surface area contributed by atoms with Crippen LogP contribution in [0.15, 0.2) is 24.3 Å². The minimum atomic E-state index is -1.01. The third kappa shape index (κ3) is 4.25. The Kier molecular flexibility index (Phi) is 3.63. The van der Waals surface area contributed by atoms with Gasteiger partial charge < -0.3 is 0 Å². The first-order chi connectivity index (χ1) is 6.88. The summed E-state index contributed by atoms with van der Waals surface area (Å²) >= 11 is 0. The minimum absolute atomic E-state index is 0.173. The summed E-state index contributed by atoms with van der Waals surface area (Å²) in [6.07, 6.45) is 1.04. The Bertz CT molecular complexity index is 341. The highest BCUT2D eigenvalue weighted by Gasteiger charge is 2.12. The van der Waals surface area contributed by atoms with Crippen LogP contribution < -0.4 is 0 Å². The van der Waals surface area contributed by atoms with Crippen LogP contribution in [0, 0.1) is 10.1 Å². The molecule has 1 aromatic rings. The van der Waals surface area contributed by atoms with E-state index < -0.39 is 8.07 Å². The predicted molar refractivity (Wildman–Crippen MR) is 65.0 cm³/mol. The van der Waals surface area contributed by atoms with Crippen molar-refractivity contribution in [3.8, 4) is 0 Å². The smallest absolute Gasteiger partial charge is 0.258 e. The first-order valence-corrected chi connectivity index (χ1v) is 8.82. The standard InChI is InChI=1S/C11H17NO2Si/c1-15(2,3)9-8-10-4-6-11(7-5-10)12(13)14/h4-7H,8-9H2,1-3H3. The summed E-state index contributed by atoms with van der Waals surface area (Å²) in [5, 5.41) is 10.4. The van der Waals surface area contributed by atoms with Gasteiger partial charge in [-0.25, -0.2) is 0 Å². The Morgan fingerprint density at radius 3 is 2.13 bits per heavy atom. The molecule has 1 rings (SSSR count). The predicted octanol–water partition coefficient (Wildman–Crippen LogP) is 3.48. The first kappa shape index (κ1) is 11.9. The second kappa shape index (κ2) is 4.57. The van der Waals surface area contributed by atoms with Crippen molar-refractivity contribution in [3.05, 3.63) is 39.9 Å². The molecule has 15 heavy (non-hydrogen) atoms. The van der Waals surface area contributed by atoms with Gasteiger partial charge in [0.2, 0.25) is 0 Å². The van der Waals surface area contributed by atoms with E-state index in [9.17, 15) is 10.1 Å². The molecule has 4 heteroatoms. The number of non-ortho nitro benzene ring substituents is 1. The van der Waals surface area contributed by atoms with E-state index >= 15 is 0 Å². The SMILES string of the molecule is C[Si](C)(C)CCc1ccc([N+](=O)[O-])cc1. The molecule has 0 aromatic heterocycles. The fraction of sp³-hybridized carbons (Fsp3) is 0.455. The number of rotatable bonds is 4. The molecular weight excluding hydrogens is 206 g/mol. The van der Waals surface area contributed by atoms with Crippen LogP contribution in [0.2, 0.25) is 25.7 Å². The number of nitro groups is 1. The van der Waals surface area contributed by atoms with Crippen molar-refractivity contribution in [1.82, 2.24) is 0 Å². The lowest BCUT2D eigenvalue weighted by Crippen LogP contribution is -2.19. The summed E-state index contributed by atoms with van der Waals surface area (Å²) in [6, 6.07) is 8.11. The van der Waals surface area contributed by atoms with Crippen molar-refractivity contribution >= 4 is 13.8 Å². The molecule has 0 saturated heterocycles. The fourth-order valence-electron chi connectivity index (χ4n) is 1.30. The zero-order valence-corrected chi connectivity index (χ0v) is 10.5. The molecule has 0 spiro atoms. The highest BCUT2D eigenvalue weighted by Crippen LogP contribution is 2.16. The van der Waals surface area contributed by atoms with E-state index in [-0.39, 0.29) is 10.6 Å². The lowest BCUT2D eigenvalue weighted by atomic mass is 10.1. The Hall–Kier alpha value is -1.16. The topological polar surface area (TPSA) is 43.1 Å². The summed E-state index contributed by atoms with van der Waals surface area (Å²) in [5.41, 5.74) is 1.37. The van der Waals surface area contributed by atoms with Crippen molar-refractivity contribution in [2.24, 2.45) is 0 Å². The van der Waals surface area contributed by atoms with Crippen molar-refractivity contribution in [2.75, 3.05) is 0 Å². The molecule has 0 amide bonds. The van der Waals surface area contributed by atoms with Gasteiger partial charge in [-0.2, -0.15) is 0 Å². The molecule has 0 heterocycles. The quantitative estimate of drug-likeness (QED) is 0.445. The van der Waals surface area contributed by atoms with E-state index in [4.69, 9.17) is 0 Å². The van der Waals surface area contributed by atoms with E-state index in [1.165, 1.54) is 11.6 Å². The van der Waals surface area contributed by atoms with E-state index in [0.29, 0.717) is 0 Å². The summed E-state index contributed by atoms with van der Waals surface area (Å²) in [6.45, 7) is 7.00. The lowest BCUT2D eigenvalue weighted by Gasteiger charge is -2.14. The van der Waals surface area contributed by atoms with Crippen molar-refractivity contribution in [2.45, 2.75) is 32.1 Å². The molecular formula is C11H17NO2Si. The van der Waals surface area contributed by atoms with Gasteiger partial charge in [0.15, 0.2) is 0 Å². The minimum Gasteiger partial charge on any atom is -0.258 e. The van der Waals surface area contributed by atoms with Gasteiger partial charge in [0.1, 0.15) is 0 Å². The number of hydrogen-bond donors (Lipinski definition) is 0. The Morgan fingerprint density at radius 2 is 1.73 bits per heavy atom. The van der Waals surface area contributed by atoms with Crippen molar-refractivity contribution in [3.63, 3.8) is 0 Å². The van der Waals surface area contributed by atoms with Crippen LogP contribution in [0.25, 0.3) is 0 Å². The van der Waals surface area contributed by atoms with E-state index in [1.807, 2.05) is 12.1 Å². The van der Waals surface area contributed by atoms with Crippen molar-refractivity contribution < 1.29 is 4.92 Å². The van der Waals surface area contributed by atoms with E-state index in [2.05, 4.69) is 19.6 Å². The Morgan fingerprint density at radius 1 is 1.20 bits per heavy atom. The van der Waals surface area contributed by atoms with Crippen LogP contribution >= 0.6 is 0 Å². The van der Waals surface area contributed by atoms with Gasteiger partial charge >= 0.3 is 0 Å². The third-order valence-corrected chi connectivity index (χ3v) is 4.06. The molecule has 0 bridgehead atoms. The zero-order valence-electron chi connectivity index (χ0n) is 9.49. The average Bonchev–Trinajstić information content (AvgIpc) is 2.14.